The Bertz CT molecular complexity index is 4100. The number of phenols is 1. The minimum atomic E-state index is -1.40. The minimum absolute atomic E-state index is 0.00262. The number of benzene rings is 8. The lowest BCUT2D eigenvalue weighted by atomic mass is 9.88. The first-order valence-electron chi connectivity index (χ1n) is 23.1. The van der Waals surface area contributed by atoms with Gasteiger partial charge in [0.25, 0.3) is 11.8 Å². The Morgan fingerprint density at radius 2 is 1.22 bits per heavy atom. The first-order valence-corrected chi connectivity index (χ1v) is 23.1. The predicted octanol–water partition coefficient (Wildman–Crippen LogP) is 10.2. The Hall–Kier alpha value is -10.1. The molecule has 2 aliphatic heterocycles. The zero-order valence-corrected chi connectivity index (χ0v) is 39.6. The number of nitrogens with zero attached hydrogens (tertiary/aromatic N) is 2. The van der Waals surface area contributed by atoms with Crippen LogP contribution in [-0.2, 0) is 6.54 Å². The standard InChI is InChI=1S/C58H42N4O12/c1-4-59-33-11-17-39-48(25-33)73-49-26-34(62(2)3)12-18-40(49)51(39)37-15-9-31(23-43(37)57(69)70)55(66)61-46-7-5-6-29-22-30(8-14-36(29)46)54(65)60-28-45-47(64)21-20-42-52(41-19-13-35(63)27-50(41)74-53(42)45)38-16-10-32(56(67)68)24-44(38)58(71)72/h5-27,63H,4,28H2,1-3H3,(H,60,65)(H,61,66)(H,67,68)(H,69,70)(H,71,72)/b59-33+. The number of carbonyl (C=O) groups is 5. The van der Waals surface area contributed by atoms with Crippen LogP contribution in [0.3, 0.4) is 0 Å². The Morgan fingerprint density at radius 1 is 0.595 bits per heavy atom. The average molecular weight is 987 g/mol. The van der Waals surface area contributed by atoms with Gasteiger partial charge in [-0.05, 0) is 114 Å². The highest BCUT2D eigenvalue weighted by Gasteiger charge is 2.27. The van der Waals surface area contributed by atoms with Crippen molar-refractivity contribution < 1.29 is 53.2 Å². The second-order valence-corrected chi connectivity index (χ2v) is 17.6. The highest BCUT2D eigenvalue weighted by atomic mass is 16.4. The van der Waals surface area contributed by atoms with E-state index in [2.05, 4.69) is 15.6 Å². The van der Waals surface area contributed by atoms with Crippen LogP contribution in [0.1, 0.15) is 64.3 Å². The fourth-order valence-corrected chi connectivity index (χ4v) is 9.31. The van der Waals surface area contributed by atoms with Crippen LogP contribution in [0.25, 0.3) is 77.6 Å². The SMILES string of the molecule is CC/N=c1\ccc2c(-c3ccc(C(=O)Nc4cccc5cc(C(=O)NCc6c7oc8cc(O)ccc8c(-c8ccc(C(=O)O)cc8C(=O)O)c-7ccc6=O)ccc45)cc3C(=O)O)c3ccc(N(C)C)cc3oc-2c1. The first kappa shape index (κ1) is 47.6. The van der Waals surface area contributed by atoms with Gasteiger partial charge in [-0.2, -0.15) is 0 Å². The molecule has 6 aromatic rings. The summed E-state index contributed by atoms with van der Waals surface area (Å²) in [5.74, 6) is -4.78. The molecule has 2 aliphatic carbocycles. The average Bonchev–Trinajstić information content (AvgIpc) is 3.38. The maximum Gasteiger partial charge on any atom is 0.336 e. The van der Waals surface area contributed by atoms with E-state index in [0.29, 0.717) is 78.3 Å². The molecule has 6 N–H and O–H groups in total. The maximum atomic E-state index is 14.0. The van der Waals surface area contributed by atoms with E-state index >= 15 is 0 Å². The minimum Gasteiger partial charge on any atom is -0.508 e. The number of amides is 2. The highest BCUT2D eigenvalue weighted by molar-refractivity contribution is 6.14. The van der Waals surface area contributed by atoms with Crippen LogP contribution in [0.15, 0.2) is 158 Å². The molecule has 0 saturated heterocycles. The molecule has 0 aromatic heterocycles. The zero-order chi connectivity index (χ0) is 52.1. The summed E-state index contributed by atoms with van der Waals surface area (Å²) < 4.78 is 12.6. The molecule has 0 radical (unpaired) electrons. The van der Waals surface area contributed by atoms with Crippen molar-refractivity contribution in [2.24, 2.45) is 4.99 Å². The molecule has 10 rings (SSSR count). The third-order valence-corrected chi connectivity index (χ3v) is 12.8. The van der Waals surface area contributed by atoms with E-state index in [1.807, 2.05) is 62.3 Å². The van der Waals surface area contributed by atoms with E-state index in [1.54, 1.807) is 48.5 Å². The van der Waals surface area contributed by atoms with Crippen molar-refractivity contribution in [1.82, 2.24) is 5.32 Å². The fourth-order valence-electron chi connectivity index (χ4n) is 9.31. The molecule has 16 nitrogen and oxygen atoms in total. The van der Waals surface area contributed by atoms with Gasteiger partial charge in [0.05, 0.1) is 34.2 Å². The number of rotatable bonds is 12. The fraction of sp³-hybridized carbons (Fsp3) is 0.0862. The van der Waals surface area contributed by atoms with Crippen molar-refractivity contribution in [3.05, 3.63) is 188 Å². The molecule has 0 unspecified atom stereocenters. The third kappa shape index (κ3) is 8.65. The van der Waals surface area contributed by atoms with E-state index in [1.165, 1.54) is 48.5 Å². The van der Waals surface area contributed by atoms with E-state index in [-0.39, 0.29) is 62.6 Å². The molecule has 2 heterocycles. The number of carboxylic acids is 3. The predicted molar refractivity (Wildman–Crippen MR) is 279 cm³/mol. The number of phenolic OH excluding ortho intramolecular Hbond substituents is 1. The first-order chi connectivity index (χ1) is 35.6. The second-order valence-electron chi connectivity index (χ2n) is 17.6. The monoisotopic (exact) mass is 986 g/mol. The molecule has 0 bridgehead atoms. The highest BCUT2D eigenvalue weighted by Crippen LogP contribution is 2.45. The summed E-state index contributed by atoms with van der Waals surface area (Å²) in [6.45, 7) is 2.15. The van der Waals surface area contributed by atoms with Crippen molar-refractivity contribution in [2.75, 3.05) is 30.9 Å². The molecule has 16 heteroatoms. The van der Waals surface area contributed by atoms with Crippen LogP contribution < -0.4 is 26.3 Å². The Morgan fingerprint density at radius 3 is 1.92 bits per heavy atom. The number of anilines is 2. The normalized spacial score (nSPS) is 11.6. The van der Waals surface area contributed by atoms with Gasteiger partial charge in [0.2, 0.25) is 0 Å². The topological polar surface area (TPSA) is 249 Å². The van der Waals surface area contributed by atoms with Gasteiger partial charge in [0, 0.05) is 99.8 Å². The summed E-state index contributed by atoms with van der Waals surface area (Å²) in [6, 6.07) is 36.2. The molecular weight excluding hydrogens is 945 g/mol. The van der Waals surface area contributed by atoms with Gasteiger partial charge in [0.1, 0.15) is 28.4 Å². The molecule has 74 heavy (non-hydrogen) atoms. The van der Waals surface area contributed by atoms with Gasteiger partial charge >= 0.3 is 17.9 Å². The maximum absolute atomic E-state index is 14.0. The van der Waals surface area contributed by atoms with E-state index < -0.39 is 35.2 Å². The van der Waals surface area contributed by atoms with Gasteiger partial charge in [-0.3, -0.25) is 19.4 Å². The molecule has 0 atom stereocenters. The van der Waals surface area contributed by atoms with E-state index in [0.717, 1.165) is 11.8 Å². The van der Waals surface area contributed by atoms with Crippen LogP contribution in [-0.4, -0.2) is 70.8 Å². The number of hydrogen-bond donors (Lipinski definition) is 6. The van der Waals surface area contributed by atoms with Gasteiger partial charge in [0.15, 0.2) is 5.43 Å². The quantitative estimate of drug-likeness (QED) is 0.0624. The summed E-state index contributed by atoms with van der Waals surface area (Å²) in [6.07, 6.45) is 0. The number of fused-ring (bicyclic) bond motifs is 5. The molecule has 0 saturated carbocycles. The van der Waals surface area contributed by atoms with E-state index in [4.69, 9.17) is 8.83 Å². The Labute approximate surface area is 419 Å². The zero-order valence-electron chi connectivity index (χ0n) is 39.6. The third-order valence-electron chi connectivity index (χ3n) is 12.8. The lowest BCUT2D eigenvalue weighted by Crippen LogP contribution is -2.26. The van der Waals surface area contributed by atoms with Crippen molar-refractivity contribution >= 4 is 73.8 Å². The molecule has 0 spiro atoms. The van der Waals surface area contributed by atoms with Gasteiger partial charge in [-0.1, -0.05) is 30.3 Å². The summed E-state index contributed by atoms with van der Waals surface area (Å²) >= 11 is 0. The van der Waals surface area contributed by atoms with Crippen molar-refractivity contribution in [1.29, 1.82) is 0 Å². The smallest absolute Gasteiger partial charge is 0.336 e. The van der Waals surface area contributed by atoms with Crippen LogP contribution in [0.5, 0.6) is 5.75 Å². The molecule has 4 aliphatic rings. The van der Waals surface area contributed by atoms with Gasteiger partial charge in [-0.25, -0.2) is 14.4 Å². The molecular formula is C58H42N4O12. The number of hydrogen-bond acceptors (Lipinski definition) is 11. The van der Waals surface area contributed by atoms with Gasteiger partial charge in [-0.15, -0.1) is 0 Å². The van der Waals surface area contributed by atoms with Crippen molar-refractivity contribution in [3.63, 3.8) is 0 Å². The summed E-state index contributed by atoms with van der Waals surface area (Å²) in [4.78, 5) is 85.2. The number of carbonyl (C=O) groups excluding carboxylic acids is 2. The number of aromatic carboxylic acids is 3. The van der Waals surface area contributed by atoms with Crippen molar-refractivity contribution in [3.8, 4) is 50.7 Å². The number of aromatic hydroxyl groups is 1. The Kier molecular flexibility index (Phi) is 12.2. The van der Waals surface area contributed by atoms with Crippen LogP contribution in [0, 0.1) is 0 Å². The lowest BCUT2D eigenvalue weighted by Gasteiger charge is -2.19. The van der Waals surface area contributed by atoms with Crippen LogP contribution >= 0.6 is 0 Å². The van der Waals surface area contributed by atoms with E-state index in [9.17, 15) is 49.2 Å². The molecule has 366 valence electrons. The van der Waals surface area contributed by atoms with Gasteiger partial charge < -0.3 is 44.8 Å². The molecule has 0 fully saturated rings. The van der Waals surface area contributed by atoms with Crippen LogP contribution in [0.4, 0.5) is 11.4 Å². The van der Waals surface area contributed by atoms with Crippen LogP contribution in [0.2, 0.25) is 0 Å². The number of carboxylic acid groups (broad SMARTS) is 3. The largest absolute Gasteiger partial charge is 0.508 e. The number of nitrogens with one attached hydrogen (secondary N) is 2. The lowest BCUT2D eigenvalue weighted by molar-refractivity contribution is 0.0682. The second kappa shape index (κ2) is 18.9. The molecule has 6 aromatic carbocycles. The summed E-state index contributed by atoms with van der Waals surface area (Å²) in [5, 5.41) is 49.4. The van der Waals surface area contributed by atoms with Crippen molar-refractivity contribution in [2.45, 2.75) is 13.5 Å². The summed E-state index contributed by atoms with van der Waals surface area (Å²) in [5.41, 5.74) is 3.39. The molecule has 2 amide bonds. The summed E-state index contributed by atoms with van der Waals surface area (Å²) in [7, 11) is 3.82. The Balaban J connectivity index is 0.937.